The van der Waals surface area contributed by atoms with Crippen molar-refractivity contribution in [2.75, 3.05) is 19.7 Å². The van der Waals surface area contributed by atoms with Crippen LogP contribution in [0, 0.1) is 29.0 Å². The van der Waals surface area contributed by atoms with Gasteiger partial charge < -0.3 is 15.0 Å². The van der Waals surface area contributed by atoms with Crippen molar-refractivity contribution in [2.45, 2.75) is 38.1 Å². The van der Waals surface area contributed by atoms with Crippen molar-refractivity contribution in [3.8, 4) is 6.07 Å². The lowest BCUT2D eigenvalue weighted by Gasteiger charge is -2.31. The molecule has 1 aliphatic heterocycles. The van der Waals surface area contributed by atoms with Crippen LogP contribution < -0.4 is 5.32 Å². The fraction of sp³-hybridized carbons (Fsp3) is 0.524. The number of nitrogens with one attached hydrogen (secondary N) is 1. The predicted molar refractivity (Wildman–Crippen MR) is 101 cm³/mol. The second-order valence-corrected chi connectivity index (χ2v) is 7.82. The van der Waals surface area contributed by atoms with Crippen LogP contribution in [0.2, 0.25) is 0 Å². The van der Waals surface area contributed by atoms with Crippen LogP contribution in [0.15, 0.2) is 24.3 Å². The summed E-state index contributed by atoms with van der Waals surface area (Å²) in [6, 6.07) is 7.48. The summed E-state index contributed by atoms with van der Waals surface area (Å²) in [5.74, 6) is -1.80. The van der Waals surface area contributed by atoms with Crippen molar-refractivity contribution < 1.29 is 23.5 Å². The lowest BCUT2D eigenvalue weighted by molar-refractivity contribution is -0.154. The van der Waals surface area contributed by atoms with Gasteiger partial charge in [-0.25, -0.2) is 4.39 Å². The van der Waals surface area contributed by atoms with Gasteiger partial charge >= 0.3 is 5.97 Å². The van der Waals surface area contributed by atoms with Crippen LogP contribution in [0.5, 0.6) is 0 Å². The number of hydrogen-bond acceptors (Lipinski definition) is 5. The summed E-state index contributed by atoms with van der Waals surface area (Å²) >= 11 is 0. The van der Waals surface area contributed by atoms with Gasteiger partial charge in [-0.15, -0.1) is 0 Å². The van der Waals surface area contributed by atoms with Crippen molar-refractivity contribution in [3.63, 3.8) is 0 Å². The van der Waals surface area contributed by atoms with Crippen molar-refractivity contribution in [1.29, 1.82) is 5.26 Å². The molecule has 0 spiro atoms. The first-order chi connectivity index (χ1) is 13.8. The van der Waals surface area contributed by atoms with Gasteiger partial charge in [-0.3, -0.25) is 14.4 Å². The summed E-state index contributed by atoms with van der Waals surface area (Å²) < 4.78 is 18.1. The van der Waals surface area contributed by atoms with Crippen molar-refractivity contribution in [1.82, 2.24) is 10.2 Å². The number of benzene rings is 1. The second-order valence-electron chi connectivity index (χ2n) is 7.82. The number of esters is 1. The van der Waals surface area contributed by atoms with E-state index in [1.54, 1.807) is 11.8 Å². The number of amides is 2. The summed E-state index contributed by atoms with van der Waals surface area (Å²) in [4.78, 5) is 38.4. The van der Waals surface area contributed by atoms with Gasteiger partial charge in [0.1, 0.15) is 11.4 Å². The number of likely N-dealkylation sites (tertiary alicyclic amines) is 1. The fourth-order valence-electron chi connectivity index (χ4n) is 3.56. The average molecular weight is 401 g/mol. The number of nitrogens with zero attached hydrogens (tertiary/aromatic N) is 2. The molecule has 3 rings (SSSR count). The third-order valence-electron chi connectivity index (χ3n) is 5.58. The Morgan fingerprint density at radius 2 is 1.83 bits per heavy atom. The Morgan fingerprint density at radius 1 is 1.21 bits per heavy atom. The molecule has 1 aliphatic carbocycles. The third kappa shape index (κ3) is 5.11. The molecule has 1 heterocycles. The Bertz CT molecular complexity index is 823. The molecule has 8 heteroatoms. The first-order valence-corrected chi connectivity index (χ1v) is 9.76. The highest BCUT2D eigenvalue weighted by Crippen LogP contribution is 2.39. The highest BCUT2D eigenvalue weighted by molar-refractivity contribution is 5.94. The number of nitriles is 1. The smallest absolute Gasteiger partial charge is 0.309 e. The van der Waals surface area contributed by atoms with E-state index in [1.807, 2.05) is 0 Å². The quantitative estimate of drug-likeness (QED) is 0.736. The summed E-state index contributed by atoms with van der Waals surface area (Å²) in [7, 11) is 0. The molecule has 0 unspecified atom stereocenters. The number of carbonyl (C=O) groups excluding carboxylic acids is 3. The molecule has 2 amide bonds. The van der Waals surface area contributed by atoms with Gasteiger partial charge in [0.2, 0.25) is 0 Å². The molecule has 2 fully saturated rings. The van der Waals surface area contributed by atoms with E-state index < -0.39 is 29.8 Å². The lowest BCUT2D eigenvalue weighted by Crippen LogP contribution is -2.48. The van der Waals surface area contributed by atoms with Gasteiger partial charge in [-0.2, -0.15) is 5.26 Å². The molecule has 1 aromatic carbocycles. The molecule has 154 valence electrons. The zero-order valence-corrected chi connectivity index (χ0v) is 16.3. The number of hydrogen-bond donors (Lipinski definition) is 1. The number of carbonyl (C=O) groups is 3. The minimum absolute atomic E-state index is 0.148. The highest BCUT2D eigenvalue weighted by Gasteiger charge is 2.43. The monoisotopic (exact) mass is 401 g/mol. The minimum atomic E-state index is -0.921. The zero-order valence-electron chi connectivity index (χ0n) is 16.3. The Kier molecular flexibility index (Phi) is 6.16. The summed E-state index contributed by atoms with van der Waals surface area (Å²) in [6.07, 6.45) is 2.68. The van der Waals surface area contributed by atoms with Crippen LogP contribution in [0.25, 0.3) is 0 Å². The maximum atomic E-state index is 13.0. The van der Waals surface area contributed by atoms with Gasteiger partial charge in [0.25, 0.3) is 11.8 Å². The van der Waals surface area contributed by atoms with Crippen LogP contribution in [0.4, 0.5) is 4.39 Å². The van der Waals surface area contributed by atoms with E-state index in [9.17, 15) is 24.0 Å². The molecular formula is C21H24FN3O4. The molecular weight excluding hydrogens is 377 g/mol. The normalized spacial score (nSPS) is 19.0. The zero-order chi connectivity index (χ0) is 21.0. The van der Waals surface area contributed by atoms with Gasteiger partial charge in [0.05, 0.1) is 12.0 Å². The van der Waals surface area contributed by atoms with E-state index >= 15 is 0 Å². The topological polar surface area (TPSA) is 99.5 Å². The van der Waals surface area contributed by atoms with E-state index in [1.165, 1.54) is 24.3 Å². The van der Waals surface area contributed by atoms with Crippen LogP contribution in [0.3, 0.4) is 0 Å². The molecule has 0 aromatic heterocycles. The Hall–Kier alpha value is -2.95. The molecule has 1 atom stereocenters. The first-order valence-electron chi connectivity index (χ1n) is 9.76. The largest absolute Gasteiger partial charge is 0.455 e. The van der Waals surface area contributed by atoms with E-state index in [4.69, 9.17) is 4.74 Å². The molecule has 1 aromatic rings. The summed E-state index contributed by atoms with van der Waals surface area (Å²) in [6.45, 7) is 2.03. The van der Waals surface area contributed by atoms with E-state index in [0.717, 1.165) is 12.8 Å². The van der Waals surface area contributed by atoms with E-state index in [2.05, 4.69) is 11.4 Å². The average Bonchev–Trinajstić information content (AvgIpc) is 3.58. The molecule has 2 aliphatic rings. The van der Waals surface area contributed by atoms with Crippen LogP contribution in [-0.2, 0) is 14.3 Å². The molecule has 1 saturated heterocycles. The van der Waals surface area contributed by atoms with Crippen molar-refractivity contribution >= 4 is 17.8 Å². The maximum absolute atomic E-state index is 13.0. The predicted octanol–water partition coefficient (Wildman–Crippen LogP) is 2.03. The van der Waals surface area contributed by atoms with Crippen LogP contribution >= 0.6 is 0 Å². The van der Waals surface area contributed by atoms with Crippen molar-refractivity contribution in [3.05, 3.63) is 35.6 Å². The number of piperidine rings is 1. The van der Waals surface area contributed by atoms with Gasteiger partial charge in [-0.1, -0.05) is 0 Å². The molecule has 0 bridgehead atoms. The highest BCUT2D eigenvalue weighted by atomic mass is 19.1. The van der Waals surface area contributed by atoms with Crippen LogP contribution in [-0.4, -0.2) is 47.9 Å². The minimum Gasteiger partial charge on any atom is -0.455 e. The number of ether oxygens (including phenoxy) is 1. The van der Waals surface area contributed by atoms with Gasteiger partial charge in [0.15, 0.2) is 6.61 Å². The van der Waals surface area contributed by atoms with Gasteiger partial charge in [0, 0.05) is 18.7 Å². The van der Waals surface area contributed by atoms with Gasteiger partial charge in [-0.05, 0) is 62.8 Å². The number of rotatable bonds is 6. The standard InChI is InChI=1S/C21H24FN3O4/c1-21(13-23,16-4-5-16)24-18(26)12-29-20(28)15-8-10-25(11-9-15)19(27)14-2-6-17(22)7-3-14/h2-3,6-7,15-16H,4-5,8-12H2,1H3,(H,24,26)/t21-/m0/s1. The lowest BCUT2D eigenvalue weighted by atomic mass is 9.96. The summed E-state index contributed by atoms with van der Waals surface area (Å²) in [5.41, 5.74) is -0.518. The SMILES string of the molecule is C[C@@](C#N)(NC(=O)COC(=O)C1CCN(C(=O)c2ccc(F)cc2)CC1)C1CC1. The van der Waals surface area contributed by atoms with E-state index in [-0.39, 0.29) is 17.7 Å². The Morgan fingerprint density at radius 3 is 2.38 bits per heavy atom. The number of halogens is 1. The molecule has 29 heavy (non-hydrogen) atoms. The summed E-state index contributed by atoms with van der Waals surface area (Å²) in [5, 5.41) is 11.9. The fourth-order valence-corrected chi connectivity index (χ4v) is 3.56. The maximum Gasteiger partial charge on any atom is 0.309 e. The molecule has 7 nitrogen and oxygen atoms in total. The first kappa shape index (κ1) is 20.8. The van der Waals surface area contributed by atoms with E-state index in [0.29, 0.717) is 31.5 Å². The molecule has 0 radical (unpaired) electrons. The Labute approximate surface area is 168 Å². The second kappa shape index (κ2) is 8.60. The van der Waals surface area contributed by atoms with Crippen LogP contribution in [0.1, 0.15) is 43.0 Å². The van der Waals surface area contributed by atoms with Crippen molar-refractivity contribution in [2.24, 2.45) is 11.8 Å². The molecule has 1 saturated carbocycles. The third-order valence-corrected chi connectivity index (χ3v) is 5.58. The Balaban J connectivity index is 1.43. The molecule has 1 N–H and O–H groups in total.